The standard InChI is InChI=1S/C24H25N5O2/c1-16(30)25-11-4-6-19-14-24(28-23-10-12-26-29(19)23)31-15-18-13-20(18)22-9-8-17-5-2-3-7-21(17)27-22/h2-3,5,7-10,12,14,18,20H,4,6,11,13,15H2,1H3,(H,25,30)/t18-,20+/m1/s1. The summed E-state index contributed by atoms with van der Waals surface area (Å²) >= 11 is 0. The zero-order valence-electron chi connectivity index (χ0n) is 17.5. The van der Waals surface area contributed by atoms with Gasteiger partial charge in [0, 0.05) is 54.2 Å². The van der Waals surface area contributed by atoms with Crippen LogP contribution in [0.3, 0.4) is 0 Å². The van der Waals surface area contributed by atoms with Crippen LogP contribution < -0.4 is 10.1 Å². The monoisotopic (exact) mass is 415 g/mol. The minimum atomic E-state index is -0.0112. The summed E-state index contributed by atoms with van der Waals surface area (Å²) in [7, 11) is 0. The maximum absolute atomic E-state index is 11.1. The molecule has 158 valence electrons. The van der Waals surface area contributed by atoms with E-state index in [9.17, 15) is 4.79 Å². The van der Waals surface area contributed by atoms with Crippen LogP contribution >= 0.6 is 0 Å². The predicted octanol–water partition coefficient (Wildman–Crippen LogP) is 3.53. The Hall–Kier alpha value is -3.48. The zero-order valence-corrected chi connectivity index (χ0v) is 17.5. The van der Waals surface area contributed by atoms with E-state index in [0.29, 0.717) is 30.9 Å². The number of amides is 1. The number of nitrogens with one attached hydrogen (secondary N) is 1. The average Bonchev–Trinajstić information content (AvgIpc) is 3.40. The molecule has 0 spiro atoms. The molecule has 1 aromatic carbocycles. The van der Waals surface area contributed by atoms with Gasteiger partial charge in [-0.05, 0) is 31.4 Å². The van der Waals surface area contributed by atoms with Gasteiger partial charge in [-0.3, -0.25) is 9.78 Å². The number of hydrogen-bond donors (Lipinski definition) is 1. The van der Waals surface area contributed by atoms with Crippen LogP contribution in [-0.2, 0) is 11.2 Å². The van der Waals surface area contributed by atoms with Gasteiger partial charge >= 0.3 is 0 Å². The SMILES string of the molecule is CC(=O)NCCCc1cc(OC[C@H]2C[C@@H]2c2ccc3ccccc3n2)nc2ccnn12. The molecule has 7 heteroatoms. The number of aryl methyl sites for hydroxylation is 1. The summed E-state index contributed by atoms with van der Waals surface area (Å²) < 4.78 is 7.91. The van der Waals surface area contributed by atoms with Crippen LogP contribution in [0.2, 0.25) is 0 Å². The fourth-order valence-electron chi connectivity index (χ4n) is 4.01. The van der Waals surface area contributed by atoms with Gasteiger partial charge in [-0.1, -0.05) is 24.3 Å². The van der Waals surface area contributed by atoms with Crippen molar-refractivity contribution in [3.63, 3.8) is 0 Å². The summed E-state index contributed by atoms with van der Waals surface area (Å²) in [5.74, 6) is 1.52. The van der Waals surface area contributed by atoms with Gasteiger partial charge in [0.15, 0.2) is 5.65 Å². The lowest BCUT2D eigenvalue weighted by molar-refractivity contribution is -0.118. The first-order valence-corrected chi connectivity index (χ1v) is 10.7. The number of para-hydroxylation sites is 1. The first kappa shape index (κ1) is 19.5. The van der Waals surface area contributed by atoms with Gasteiger partial charge in [-0.15, -0.1) is 0 Å². The van der Waals surface area contributed by atoms with Crippen LogP contribution in [0.25, 0.3) is 16.6 Å². The molecule has 7 nitrogen and oxygen atoms in total. The summed E-state index contributed by atoms with van der Waals surface area (Å²) in [5.41, 5.74) is 3.99. The first-order valence-electron chi connectivity index (χ1n) is 10.7. The van der Waals surface area contributed by atoms with Crippen LogP contribution in [0.5, 0.6) is 5.88 Å². The van der Waals surface area contributed by atoms with E-state index >= 15 is 0 Å². The Labute approximate surface area is 180 Å². The lowest BCUT2D eigenvalue weighted by Crippen LogP contribution is -2.21. The van der Waals surface area contributed by atoms with Crippen molar-refractivity contribution in [3.05, 3.63) is 66.1 Å². The normalized spacial score (nSPS) is 17.7. The third-order valence-electron chi connectivity index (χ3n) is 5.76. The Morgan fingerprint density at radius 2 is 2.10 bits per heavy atom. The lowest BCUT2D eigenvalue weighted by atomic mass is 10.1. The van der Waals surface area contributed by atoms with Crippen molar-refractivity contribution in [2.75, 3.05) is 13.2 Å². The van der Waals surface area contributed by atoms with E-state index in [2.05, 4.69) is 39.7 Å². The molecule has 1 saturated carbocycles. The molecule has 2 atom stereocenters. The zero-order chi connectivity index (χ0) is 21.2. The van der Waals surface area contributed by atoms with Crippen LogP contribution in [-0.4, -0.2) is 38.6 Å². The molecule has 0 radical (unpaired) electrons. The maximum Gasteiger partial charge on any atom is 0.217 e. The Bertz CT molecular complexity index is 1240. The number of ether oxygens (including phenoxy) is 1. The number of carbonyl (C=O) groups excluding carboxylic acids is 1. The Kier molecular flexibility index (Phi) is 5.24. The van der Waals surface area contributed by atoms with Crippen LogP contribution in [0.1, 0.15) is 37.1 Å². The summed E-state index contributed by atoms with van der Waals surface area (Å²) in [5, 5.41) is 8.36. The molecule has 3 aromatic heterocycles. The molecule has 1 aliphatic carbocycles. The van der Waals surface area contributed by atoms with E-state index in [1.54, 1.807) is 6.20 Å². The van der Waals surface area contributed by atoms with Crippen molar-refractivity contribution >= 4 is 22.5 Å². The minimum Gasteiger partial charge on any atom is -0.477 e. The summed E-state index contributed by atoms with van der Waals surface area (Å²) in [4.78, 5) is 20.5. The van der Waals surface area contributed by atoms with Gasteiger partial charge in [0.2, 0.25) is 11.8 Å². The number of benzene rings is 1. The lowest BCUT2D eigenvalue weighted by Gasteiger charge is -2.10. The highest BCUT2D eigenvalue weighted by molar-refractivity contribution is 5.78. The van der Waals surface area contributed by atoms with Gasteiger partial charge in [0.25, 0.3) is 0 Å². The van der Waals surface area contributed by atoms with Crippen molar-refractivity contribution in [1.29, 1.82) is 0 Å². The highest BCUT2D eigenvalue weighted by Gasteiger charge is 2.40. The Balaban J connectivity index is 1.23. The average molecular weight is 415 g/mol. The third kappa shape index (κ3) is 4.35. The van der Waals surface area contributed by atoms with E-state index in [1.807, 2.05) is 28.8 Å². The van der Waals surface area contributed by atoms with Crippen LogP contribution in [0.4, 0.5) is 0 Å². The largest absolute Gasteiger partial charge is 0.477 e. The van der Waals surface area contributed by atoms with E-state index < -0.39 is 0 Å². The van der Waals surface area contributed by atoms with Crippen molar-refractivity contribution in [2.24, 2.45) is 5.92 Å². The van der Waals surface area contributed by atoms with E-state index in [-0.39, 0.29) is 5.91 Å². The molecule has 1 N–H and O–H groups in total. The second kappa shape index (κ2) is 8.34. The molecular weight excluding hydrogens is 390 g/mol. The summed E-state index contributed by atoms with van der Waals surface area (Å²) in [6.07, 6.45) is 4.44. The molecular formula is C24H25N5O2. The maximum atomic E-state index is 11.1. The predicted molar refractivity (Wildman–Crippen MR) is 118 cm³/mol. The number of aromatic nitrogens is 4. The van der Waals surface area contributed by atoms with Crippen molar-refractivity contribution < 1.29 is 9.53 Å². The van der Waals surface area contributed by atoms with Crippen molar-refractivity contribution in [2.45, 2.75) is 32.1 Å². The van der Waals surface area contributed by atoms with Crippen LogP contribution in [0.15, 0.2) is 54.7 Å². The molecule has 1 aliphatic rings. The second-order valence-corrected chi connectivity index (χ2v) is 8.12. The smallest absolute Gasteiger partial charge is 0.217 e. The molecule has 0 unspecified atom stereocenters. The quantitative estimate of drug-likeness (QED) is 0.445. The minimum absolute atomic E-state index is 0.0112. The number of nitrogens with zero attached hydrogens (tertiary/aromatic N) is 4. The summed E-state index contributed by atoms with van der Waals surface area (Å²) in [6, 6.07) is 16.3. The molecule has 0 bridgehead atoms. The topological polar surface area (TPSA) is 81.4 Å². The number of rotatable bonds is 8. The highest BCUT2D eigenvalue weighted by Crippen LogP contribution is 2.47. The number of hydrogen-bond acceptors (Lipinski definition) is 5. The van der Waals surface area contributed by atoms with Crippen LogP contribution in [0, 0.1) is 5.92 Å². The van der Waals surface area contributed by atoms with Gasteiger partial charge in [0.1, 0.15) is 0 Å². The number of fused-ring (bicyclic) bond motifs is 2. The molecule has 0 saturated heterocycles. The molecule has 5 rings (SSSR count). The molecule has 1 amide bonds. The number of carbonyl (C=O) groups is 1. The Morgan fingerprint density at radius 3 is 3.00 bits per heavy atom. The Morgan fingerprint density at radius 1 is 1.19 bits per heavy atom. The molecule has 0 aliphatic heterocycles. The van der Waals surface area contributed by atoms with Crippen molar-refractivity contribution in [1.82, 2.24) is 24.9 Å². The fourth-order valence-corrected chi connectivity index (χ4v) is 4.01. The van der Waals surface area contributed by atoms with Gasteiger partial charge in [-0.2, -0.15) is 10.1 Å². The molecule has 4 aromatic rings. The molecule has 1 fully saturated rings. The third-order valence-corrected chi connectivity index (χ3v) is 5.76. The fraction of sp³-hybridized carbons (Fsp3) is 0.333. The van der Waals surface area contributed by atoms with E-state index in [1.165, 1.54) is 12.3 Å². The van der Waals surface area contributed by atoms with E-state index in [4.69, 9.17) is 9.72 Å². The number of pyridine rings is 1. The van der Waals surface area contributed by atoms with Crippen molar-refractivity contribution in [3.8, 4) is 5.88 Å². The molecule has 31 heavy (non-hydrogen) atoms. The van der Waals surface area contributed by atoms with Gasteiger partial charge in [-0.25, -0.2) is 4.52 Å². The second-order valence-electron chi connectivity index (χ2n) is 8.12. The highest BCUT2D eigenvalue weighted by atomic mass is 16.5. The first-order chi connectivity index (χ1) is 15.2. The van der Waals surface area contributed by atoms with Gasteiger partial charge in [0.05, 0.1) is 18.3 Å². The summed E-state index contributed by atoms with van der Waals surface area (Å²) in [6.45, 7) is 2.80. The van der Waals surface area contributed by atoms with E-state index in [0.717, 1.165) is 41.8 Å². The van der Waals surface area contributed by atoms with Gasteiger partial charge < -0.3 is 10.1 Å². The molecule has 3 heterocycles.